The van der Waals surface area contributed by atoms with E-state index >= 15 is 0 Å². The third-order valence-corrected chi connectivity index (χ3v) is 4.05. The fraction of sp³-hybridized carbons (Fsp3) is 0.412. The minimum Gasteiger partial charge on any atom is -0.321 e. The summed E-state index contributed by atoms with van der Waals surface area (Å²) in [5.41, 5.74) is 1.69. The van der Waals surface area contributed by atoms with E-state index in [0.717, 1.165) is 18.7 Å². The number of benzene rings is 1. The highest BCUT2D eigenvalue weighted by Gasteiger charge is 2.13. The molecule has 0 atom stereocenters. The number of hydrogen-bond acceptors (Lipinski definition) is 3. The van der Waals surface area contributed by atoms with Crippen LogP contribution in [0.3, 0.4) is 0 Å². The maximum Gasteiger partial charge on any atom is 0.266 e. The van der Waals surface area contributed by atoms with E-state index in [-0.39, 0.29) is 11.5 Å². The first-order chi connectivity index (χ1) is 10.6. The van der Waals surface area contributed by atoms with E-state index in [2.05, 4.69) is 10.2 Å². The van der Waals surface area contributed by atoms with Gasteiger partial charge >= 0.3 is 0 Å². The molecule has 1 aliphatic heterocycles. The highest BCUT2D eigenvalue weighted by molar-refractivity contribution is 6.31. The van der Waals surface area contributed by atoms with Crippen molar-refractivity contribution in [2.45, 2.75) is 26.2 Å². The van der Waals surface area contributed by atoms with E-state index < -0.39 is 0 Å². The quantitative estimate of drug-likeness (QED) is 0.683. The normalized spacial score (nSPS) is 16.1. The van der Waals surface area contributed by atoms with Crippen molar-refractivity contribution in [1.29, 1.82) is 5.26 Å². The first-order valence-electron chi connectivity index (χ1n) is 7.50. The monoisotopic (exact) mass is 317 g/mol. The van der Waals surface area contributed by atoms with E-state index in [1.165, 1.54) is 19.3 Å². The zero-order valence-corrected chi connectivity index (χ0v) is 13.5. The fourth-order valence-electron chi connectivity index (χ4n) is 2.47. The van der Waals surface area contributed by atoms with Crippen LogP contribution in [0.1, 0.15) is 24.8 Å². The molecule has 1 N–H and O–H groups in total. The number of likely N-dealkylation sites (tertiary alicyclic amines) is 1. The Hall–Kier alpha value is -1.83. The van der Waals surface area contributed by atoms with Crippen LogP contribution in [0.2, 0.25) is 5.02 Å². The van der Waals surface area contributed by atoms with Gasteiger partial charge in [0, 0.05) is 17.3 Å². The predicted octanol–water partition coefficient (Wildman–Crippen LogP) is 3.52. The van der Waals surface area contributed by atoms with Crippen LogP contribution in [-0.2, 0) is 4.79 Å². The first kappa shape index (κ1) is 16.5. The molecule has 4 nitrogen and oxygen atoms in total. The lowest BCUT2D eigenvalue weighted by atomic mass is 10.1. The summed E-state index contributed by atoms with van der Waals surface area (Å²) in [6.07, 6.45) is 5.34. The SMILES string of the molecule is Cc1ccc(Cl)cc1NC(=O)C(C#N)=CCN1CCCCC1. The number of rotatable bonds is 4. The fourth-order valence-corrected chi connectivity index (χ4v) is 2.64. The molecular weight excluding hydrogens is 298 g/mol. The summed E-state index contributed by atoms with van der Waals surface area (Å²) in [7, 11) is 0. The lowest BCUT2D eigenvalue weighted by molar-refractivity contribution is -0.112. The van der Waals surface area contributed by atoms with Gasteiger partial charge in [-0.15, -0.1) is 0 Å². The molecule has 0 radical (unpaired) electrons. The molecule has 1 aliphatic rings. The van der Waals surface area contributed by atoms with Crippen LogP contribution in [0.5, 0.6) is 0 Å². The number of halogens is 1. The van der Waals surface area contributed by atoms with Crippen molar-refractivity contribution in [3.63, 3.8) is 0 Å². The topological polar surface area (TPSA) is 56.1 Å². The first-order valence-corrected chi connectivity index (χ1v) is 7.88. The number of nitrogens with zero attached hydrogens (tertiary/aromatic N) is 2. The van der Waals surface area contributed by atoms with E-state index in [4.69, 9.17) is 11.6 Å². The van der Waals surface area contributed by atoms with Gasteiger partial charge in [-0.3, -0.25) is 9.69 Å². The van der Waals surface area contributed by atoms with Gasteiger partial charge in [0.25, 0.3) is 5.91 Å². The van der Waals surface area contributed by atoms with E-state index in [0.29, 0.717) is 17.3 Å². The summed E-state index contributed by atoms with van der Waals surface area (Å²) < 4.78 is 0. The van der Waals surface area contributed by atoms with E-state index in [9.17, 15) is 10.1 Å². The number of amides is 1. The molecular formula is C17H20ClN3O. The van der Waals surface area contributed by atoms with Crippen LogP contribution in [-0.4, -0.2) is 30.4 Å². The predicted molar refractivity (Wildman–Crippen MR) is 88.8 cm³/mol. The Balaban J connectivity index is 2.02. The molecule has 1 aromatic carbocycles. The number of carbonyl (C=O) groups excluding carboxylic acids is 1. The summed E-state index contributed by atoms with van der Waals surface area (Å²) in [5, 5.41) is 12.5. The van der Waals surface area contributed by atoms with Gasteiger partial charge in [0.05, 0.1) is 0 Å². The van der Waals surface area contributed by atoms with E-state index in [1.54, 1.807) is 18.2 Å². The van der Waals surface area contributed by atoms with Crippen molar-refractivity contribution in [2.24, 2.45) is 0 Å². The highest BCUT2D eigenvalue weighted by atomic mass is 35.5. The second-order valence-corrected chi connectivity index (χ2v) is 5.94. The van der Waals surface area contributed by atoms with Gasteiger partial charge in [0.2, 0.25) is 0 Å². The lowest BCUT2D eigenvalue weighted by Gasteiger charge is -2.24. The molecule has 1 saturated heterocycles. The Bertz CT molecular complexity index is 613. The number of hydrogen-bond donors (Lipinski definition) is 1. The van der Waals surface area contributed by atoms with E-state index in [1.807, 2.05) is 19.1 Å². The highest BCUT2D eigenvalue weighted by Crippen LogP contribution is 2.20. The minimum atomic E-state index is -0.384. The van der Waals surface area contributed by atoms with Crippen molar-refractivity contribution in [1.82, 2.24) is 4.90 Å². The molecule has 0 unspecified atom stereocenters. The second-order valence-electron chi connectivity index (χ2n) is 5.50. The van der Waals surface area contributed by atoms with Crippen molar-refractivity contribution in [3.05, 3.63) is 40.4 Å². The average molecular weight is 318 g/mol. The molecule has 0 aromatic heterocycles. The average Bonchev–Trinajstić information content (AvgIpc) is 2.52. The number of anilines is 1. The van der Waals surface area contributed by atoms with Crippen LogP contribution in [0, 0.1) is 18.3 Å². The van der Waals surface area contributed by atoms with Crippen molar-refractivity contribution in [2.75, 3.05) is 25.0 Å². The number of piperidine rings is 1. The van der Waals surface area contributed by atoms with Crippen LogP contribution >= 0.6 is 11.6 Å². The molecule has 1 aromatic rings. The molecule has 0 aliphatic carbocycles. The number of nitriles is 1. The standard InChI is InChI=1S/C17H20ClN3O/c1-13-5-6-15(18)11-16(13)20-17(22)14(12-19)7-10-21-8-3-2-4-9-21/h5-7,11H,2-4,8-10H2,1H3,(H,20,22). The largest absolute Gasteiger partial charge is 0.321 e. The molecule has 1 fully saturated rings. The molecule has 5 heteroatoms. The molecule has 1 amide bonds. The van der Waals surface area contributed by atoms with Gasteiger partial charge in [0.1, 0.15) is 11.6 Å². The summed E-state index contributed by atoms with van der Waals surface area (Å²) in [4.78, 5) is 14.5. The van der Waals surface area contributed by atoms with Gasteiger partial charge in [-0.25, -0.2) is 0 Å². The summed E-state index contributed by atoms with van der Waals surface area (Å²) >= 11 is 5.94. The Morgan fingerprint density at radius 2 is 2.14 bits per heavy atom. The zero-order valence-electron chi connectivity index (χ0n) is 12.7. The maximum atomic E-state index is 12.2. The smallest absolute Gasteiger partial charge is 0.266 e. The zero-order chi connectivity index (χ0) is 15.9. The van der Waals surface area contributed by atoms with Crippen molar-refractivity contribution < 1.29 is 4.79 Å². The van der Waals surface area contributed by atoms with Gasteiger partial charge < -0.3 is 5.32 Å². The van der Waals surface area contributed by atoms with Gasteiger partial charge in [-0.2, -0.15) is 5.26 Å². The maximum absolute atomic E-state index is 12.2. The Kier molecular flexibility index (Phi) is 6.00. The molecule has 22 heavy (non-hydrogen) atoms. The van der Waals surface area contributed by atoms with Crippen LogP contribution in [0.25, 0.3) is 0 Å². The molecule has 0 bridgehead atoms. The number of nitrogens with one attached hydrogen (secondary N) is 1. The van der Waals surface area contributed by atoms with Crippen LogP contribution in [0.15, 0.2) is 29.8 Å². The molecule has 1 heterocycles. The second kappa shape index (κ2) is 7.98. The van der Waals surface area contributed by atoms with Crippen LogP contribution < -0.4 is 5.32 Å². The minimum absolute atomic E-state index is 0.143. The number of aryl methyl sites for hydroxylation is 1. The summed E-state index contributed by atoms with van der Waals surface area (Å²) in [5.74, 6) is -0.384. The van der Waals surface area contributed by atoms with Gasteiger partial charge in [0.15, 0.2) is 0 Å². The van der Waals surface area contributed by atoms with Crippen LogP contribution in [0.4, 0.5) is 5.69 Å². The van der Waals surface area contributed by atoms with Crippen molar-refractivity contribution in [3.8, 4) is 6.07 Å². The summed E-state index contributed by atoms with van der Waals surface area (Å²) in [6.45, 7) is 4.59. The van der Waals surface area contributed by atoms with Gasteiger partial charge in [-0.1, -0.05) is 24.1 Å². The number of carbonyl (C=O) groups is 1. The molecule has 0 saturated carbocycles. The Morgan fingerprint density at radius 1 is 1.41 bits per heavy atom. The Morgan fingerprint density at radius 3 is 2.82 bits per heavy atom. The summed E-state index contributed by atoms with van der Waals surface area (Å²) in [6, 6.07) is 7.28. The third-order valence-electron chi connectivity index (χ3n) is 3.82. The van der Waals surface area contributed by atoms with Gasteiger partial charge in [-0.05, 0) is 56.6 Å². The molecule has 2 rings (SSSR count). The molecule has 0 spiro atoms. The molecule has 116 valence electrons. The third kappa shape index (κ3) is 4.59. The lowest BCUT2D eigenvalue weighted by Crippen LogP contribution is -2.30. The van der Waals surface area contributed by atoms with Crippen molar-refractivity contribution >= 4 is 23.2 Å². The Labute approximate surface area is 136 Å².